The van der Waals surface area contributed by atoms with Gasteiger partial charge >= 0.3 is 5.97 Å². The molecule has 108 valence electrons. The Bertz CT molecular complexity index is 822. The van der Waals surface area contributed by atoms with Crippen LogP contribution in [0.25, 0.3) is 20.2 Å². The van der Waals surface area contributed by atoms with Crippen molar-refractivity contribution in [1.82, 2.24) is 0 Å². The summed E-state index contributed by atoms with van der Waals surface area (Å²) in [6.07, 6.45) is 0.849. The zero-order chi connectivity index (χ0) is 15.1. The lowest BCUT2D eigenvalue weighted by Gasteiger charge is -2.00. The number of hydrogen-bond acceptors (Lipinski definition) is 5. The number of hydrogen-bond donors (Lipinski definition) is 0. The van der Waals surface area contributed by atoms with Gasteiger partial charge in [0.05, 0.1) is 20.9 Å². The second-order valence-electron chi connectivity index (χ2n) is 4.21. The van der Waals surface area contributed by atoms with Gasteiger partial charge in [-0.1, -0.05) is 0 Å². The molecule has 0 unspecified atom stereocenters. The zero-order valence-electron chi connectivity index (χ0n) is 10.7. The van der Waals surface area contributed by atoms with E-state index in [9.17, 15) is 9.59 Å². The Morgan fingerprint density at radius 2 is 1.81 bits per heavy atom. The van der Waals surface area contributed by atoms with Gasteiger partial charge in [-0.3, -0.25) is 4.79 Å². The highest BCUT2D eigenvalue weighted by atomic mass is 79.9. The van der Waals surface area contributed by atoms with E-state index < -0.39 is 0 Å². The van der Waals surface area contributed by atoms with Crippen LogP contribution in [0.4, 0.5) is 0 Å². The Morgan fingerprint density at radius 1 is 1.19 bits per heavy atom. The number of benzene rings is 1. The molecule has 1 aromatic carbocycles. The molecule has 0 aliphatic rings. The van der Waals surface area contributed by atoms with Gasteiger partial charge in [0.2, 0.25) is 0 Å². The van der Waals surface area contributed by atoms with E-state index in [4.69, 9.17) is 4.74 Å². The number of esters is 1. The maximum atomic E-state index is 11.9. The lowest BCUT2D eigenvalue weighted by Crippen LogP contribution is -2.01. The van der Waals surface area contributed by atoms with Crippen molar-refractivity contribution < 1.29 is 14.3 Å². The molecule has 0 aliphatic heterocycles. The molecule has 0 amide bonds. The summed E-state index contributed by atoms with van der Waals surface area (Å²) < 4.78 is 8.81. The second kappa shape index (κ2) is 5.79. The fourth-order valence-corrected chi connectivity index (χ4v) is 5.80. The standard InChI is InChI=1S/C14H8Br2O3S2/c1-2-19-14(18)9-4-8-11(16)12-7(3-6(5-17)20-12)10(15)13(8)21-9/h3-5H,2H2,1H3. The van der Waals surface area contributed by atoms with Gasteiger partial charge in [-0.05, 0) is 50.9 Å². The molecule has 0 bridgehead atoms. The van der Waals surface area contributed by atoms with Crippen molar-refractivity contribution in [3.05, 3.63) is 30.8 Å². The molecule has 0 N–H and O–H groups in total. The minimum absolute atomic E-state index is 0.311. The molecular weight excluding hydrogens is 440 g/mol. The highest BCUT2D eigenvalue weighted by Crippen LogP contribution is 2.46. The normalized spacial score (nSPS) is 11.2. The van der Waals surface area contributed by atoms with Crippen molar-refractivity contribution in [3.8, 4) is 0 Å². The van der Waals surface area contributed by atoms with Crippen molar-refractivity contribution in [3.63, 3.8) is 0 Å². The first kappa shape index (κ1) is 15.1. The molecule has 0 saturated heterocycles. The Kier molecular flexibility index (Phi) is 4.18. The SMILES string of the molecule is CCOC(=O)c1cc2c(Br)c3sc(C=O)cc3c(Br)c2s1. The van der Waals surface area contributed by atoms with E-state index in [2.05, 4.69) is 31.9 Å². The molecule has 7 heteroatoms. The molecule has 2 aromatic heterocycles. The molecule has 0 radical (unpaired) electrons. The van der Waals surface area contributed by atoms with Crippen molar-refractivity contribution in [2.24, 2.45) is 0 Å². The van der Waals surface area contributed by atoms with Crippen molar-refractivity contribution in [1.29, 1.82) is 0 Å². The summed E-state index contributed by atoms with van der Waals surface area (Å²) in [5.74, 6) is -0.311. The molecule has 3 rings (SSSR count). The molecule has 0 saturated carbocycles. The van der Waals surface area contributed by atoms with Crippen LogP contribution in [0, 0.1) is 0 Å². The van der Waals surface area contributed by atoms with Crippen molar-refractivity contribution >= 4 is 87.0 Å². The third-order valence-corrected chi connectivity index (χ3v) is 7.33. The fourth-order valence-electron chi connectivity index (χ4n) is 2.06. The van der Waals surface area contributed by atoms with Crippen LogP contribution >= 0.6 is 54.5 Å². The van der Waals surface area contributed by atoms with Crippen LogP contribution in [0.2, 0.25) is 0 Å². The molecule has 3 aromatic rings. The van der Waals surface area contributed by atoms with E-state index in [1.54, 1.807) is 6.92 Å². The predicted octanol–water partition coefficient (Wildman–Crippen LogP) is 5.63. The van der Waals surface area contributed by atoms with Crippen molar-refractivity contribution in [2.45, 2.75) is 6.92 Å². The van der Waals surface area contributed by atoms with Crippen LogP contribution in [0.5, 0.6) is 0 Å². The largest absolute Gasteiger partial charge is 0.462 e. The summed E-state index contributed by atoms with van der Waals surface area (Å²) in [6, 6.07) is 3.68. The van der Waals surface area contributed by atoms with E-state index in [1.807, 2.05) is 12.1 Å². The first-order valence-electron chi connectivity index (χ1n) is 6.03. The van der Waals surface area contributed by atoms with Gasteiger partial charge in [0.15, 0.2) is 6.29 Å². The van der Waals surface area contributed by atoms with Gasteiger partial charge in [0.25, 0.3) is 0 Å². The number of carbonyl (C=O) groups excluding carboxylic acids is 2. The summed E-state index contributed by atoms with van der Waals surface area (Å²) in [7, 11) is 0. The first-order valence-corrected chi connectivity index (χ1v) is 9.25. The summed E-state index contributed by atoms with van der Waals surface area (Å²) >= 11 is 9.98. The van der Waals surface area contributed by atoms with Crippen LogP contribution in [0.15, 0.2) is 21.1 Å². The van der Waals surface area contributed by atoms with Crippen LogP contribution in [0.1, 0.15) is 26.3 Å². The third-order valence-electron chi connectivity index (χ3n) is 2.95. The minimum Gasteiger partial charge on any atom is -0.462 e. The molecule has 0 aliphatic carbocycles. The maximum Gasteiger partial charge on any atom is 0.348 e. The number of rotatable bonds is 3. The molecule has 21 heavy (non-hydrogen) atoms. The van der Waals surface area contributed by atoms with Gasteiger partial charge < -0.3 is 4.74 Å². The van der Waals surface area contributed by atoms with Gasteiger partial charge in [0.1, 0.15) is 4.88 Å². The van der Waals surface area contributed by atoms with E-state index >= 15 is 0 Å². The summed E-state index contributed by atoms with van der Waals surface area (Å²) in [5.41, 5.74) is 0. The Hall–Kier alpha value is -0.760. The van der Waals surface area contributed by atoms with Gasteiger partial charge in [0, 0.05) is 19.7 Å². The highest BCUT2D eigenvalue weighted by Gasteiger charge is 2.19. The van der Waals surface area contributed by atoms with E-state index in [-0.39, 0.29) is 5.97 Å². The Balaban J connectivity index is 2.31. The molecule has 0 atom stereocenters. The smallest absolute Gasteiger partial charge is 0.348 e. The summed E-state index contributed by atoms with van der Waals surface area (Å²) in [5, 5.41) is 1.92. The minimum atomic E-state index is -0.311. The lowest BCUT2D eigenvalue weighted by atomic mass is 10.2. The molecular formula is C14H8Br2O3S2. The summed E-state index contributed by atoms with van der Waals surface area (Å²) in [6.45, 7) is 2.14. The number of fused-ring (bicyclic) bond motifs is 2. The van der Waals surface area contributed by atoms with Crippen LogP contribution < -0.4 is 0 Å². The Labute approximate surface area is 145 Å². The fraction of sp³-hybridized carbons (Fsp3) is 0.143. The average Bonchev–Trinajstić information content (AvgIpc) is 3.09. The number of halogens is 2. The van der Waals surface area contributed by atoms with Gasteiger partial charge in [-0.2, -0.15) is 0 Å². The number of aldehydes is 1. The quantitative estimate of drug-likeness (QED) is 0.386. The predicted molar refractivity (Wildman–Crippen MR) is 94.0 cm³/mol. The molecule has 0 spiro atoms. The van der Waals surface area contributed by atoms with Crippen LogP contribution in [-0.2, 0) is 4.74 Å². The first-order chi connectivity index (χ1) is 10.1. The lowest BCUT2D eigenvalue weighted by molar-refractivity contribution is 0.0532. The molecule has 3 nitrogen and oxygen atoms in total. The molecule has 2 heterocycles. The van der Waals surface area contributed by atoms with E-state index in [0.29, 0.717) is 16.4 Å². The van der Waals surface area contributed by atoms with Gasteiger partial charge in [-0.25, -0.2) is 4.79 Å². The zero-order valence-corrected chi connectivity index (χ0v) is 15.5. The number of thiophene rings is 2. The van der Waals surface area contributed by atoms with Crippen LogP contribution in [0.3, 0.4) is 0 Å². The number of carbonyl (C=O) groups is 2. The monoisotopic (exact) mass is 446 g/mol. The number of ether oxygens (including phenoxy) is 1. The van der Waals surface area contributed by atoms with Crippen LogP contribution in [-0.4, -0.2) is 18.9 Å². The topological polar surface area (TPSA) is 43.4 Å². The van der Waals surface area contributed by atoms with Crippen molar-refractivity contribution in [2.75, 3.05) is 6.61 Å². The average molecular weight is 448 g/mol. The summed E-state index contributed by atoms with van der Waals surface area (Å²) in [4.78, 5) is 24.1. The van der Waals surface area contributed by atoms with Gasteiger partial charge in [-0.15, -0.1) is 22.7 Å². The molecule has 0 fully saturated rings. The highest BCUT2D eigenvalue weighted by molar-refractivity contribution is 9.11. The Morgan fingerprint density at radius 3 is 2.43 bits per heavy atom. The van der Waals surface area contributed by atoms with E-state index in [0.717, 1.165) is 35.4 Å². The second-order valence-corrected chi connectivity index (χ2v) is 7.93. The third kappa shape index (κ3) is 2.46. The maximum absolute atomic E-state index is 11.9. The van der Waals surface area contributed by atoms with E-state index in [1.165, 1.54) is 22.7 Å².